The third-order valence-electron chi connectivity index (χ3n) is 4.57. The summed E-state index contributed by atoms with van der Waals surface area (Å²) in [6.45, 7) is 2.22. The highest BCUT2D eigenvalue weighted by atomic mass is 32.1. The van der Waals surface area contributed by atoms with Crippen LogP contribution in [0.5, 0.6) is 11.5 Å². The third-order valence-corrected chi connectivity index (χ3v) is 5.49. The van der Waals surface area contributed by atoms with Crippen LogP contribution in [0.25, 0.3) is 0 Å². The first-order valence-corrected chi connectivity index (χ1v) is 9.01. The molecule has 138 valence electrons. The Morgan fingerprint density at radius 3 is 2.58 bits per heavy atom. The summed E-state index contributed by atoms with van der Waals surface area (Å²) in [6, 6.07) is 3.08. The quantitative estimate of drug-likeness (QED) is 0.863. The van der Waals surface area contributed by atoms with Gasteiger partial charge in [0.2, 0.25) is 0 Å². The summed E-state index contributed by atoms with van der Waals surface area (Å²) in [5.41, 5.74) is 4.04. The van der Waals surface area contributed by atoms with Gasteiger partial charge < -0.3 is 19.5 Å². The number of aromatic nitrogens is 1. The number of nitrogens with zero attached hydrogens (tertiary/aromatic N) is 2. The number of hydrogen-bond donors (Lipinski definition) is 1. The zero-order chi connectivity index (χ0) is 18.8. The van der Waals surface area contributed by atoms with E-state index >= 15 is 0 Å². The normalized spacial score (nSPS) is 16.1. The van der Waals surface area contributed by atoms with Crippen molar-refractivity contribution in [1.82, 2.24) is 9.88 Å². The zero-order valence-electron chi connectivity index (χ0n) is 14.8. The van der Waals surface area contributed by atoms with E-state index in [-0.39, 0.29) is 12.3 Å². The van der Waals surface area contributed by atoms with Gasteiger partial charge in [0.15, 0.2) is 11.5 Å². The van der Waals surface area contributed by atoms with Gasteiger partial charge in [-0.1, -0.05) is 0 Å². The number of hydrogen-bond acceptors (Lipinski definition) is 6. The number of rotatable bonds is 5. The van der Waals surface area contributed by atoms with Crippen molar-refractivity contribution >= 4 is 23.2 Å². The van der Waals surface area contributed by atoms with Crippen molar-refractivity contribution in [2.24, 2.45) is 0 Å². The fourth-order valence-electron chi connectivity index (χ4n) is 3.29. The van der Waals surface area contributed by atoms with Crippen molar-refractivity contribution in [2.45, 2.75) is 25.8 Å². The molecule has 1 aliphatic rings. The molecule has 0 bridgehead atoms. The van der Waals surface area contributed by atoms with Crippen LogP contribution >= 0.6 is 11.3 Å². The number of thiazole rings is 1. The van der Waals surface area contributed by atoms with Gasteiger partial charge in [-0.05, 0) is 36.6 Å². The van der Waals surface area contributed by atoms with Crippen LogP contribution in [-0.2, 0) is 11.2 Å². The molecule has 8 heteroatoms. The Morgan fingerprint density at radius 2 is 2.00 bits per heavy atom. The van der Waals surface area contributed by atoms with Gasteiger partial charge in [0.1, 0.15) is 4.88 Å². The van der Waals surface area contributed by atoms with Crippen LogP contribution in [-0.4, -0.2) is 47.6 Å². The van der Waals surface area contributed by atoms with E-state index in [9.17, 15) is 14.7 Å². The first kappa shape index (κ1) is 18.2. The lowest BCUT2D eigenvalue weighted by Crippen LogP contribution is -2.41. The largest absolute Gasteiger partial charge is 0.493 e. The Morgan fingerprint density at radius 1 is 1.31 bits per heavy atom. The second kappa shape index (κ2) is 7.33. The molecule has 0 saturated heterocycles. The second-order valence-electron chi connectivity index (χ2n) is 6.04. The van der Waals surface area contributed by atoms with Gasteiger partial charge in [-0.15, -0.1) is 11.3 Å². The Bertz CT molecular complexity index is 848. The molecule has 7 nitrogen and oxygen atoms in total. The molecule has 0 radical (unpaired) electrons. The average molecular weight is 376 g/mol. The molecule has 1 amide bonds. The standard InChI is InChI=1S/C18H20N2O5S/c1-10-17(26-9-19-10)18(23)20-5-4-11-6-14(24-2)15(25-3)7-12(11)13(20)8-16(21)22/h6-7,9,13H,4-5,8H2,1-3H3,(H,21,22). The molecule has 1 unspecified atom stereocenters. The van der Waals surface area contributed by atoms with Crippen LogP contribution in [0.15, 0.2) is 17.6 Å². The van der Waals surface area contributed by atoms with E-state index in [1.165, 1.54) is 18.4 Å². The van der Waals surface area contributed by atoms with Gasteiger partial charge in [0.25, 0.3) is 5.91 Å². The highest BCUT2D eigenvalue weighted by molar-refractivity contribution is 7.11. The predicted octanol–water partition coefficient (Wildman–Crippen LogP) is 2.68. The number of ether oxygens (including phenoxy) is 2. The highest BCUT2D eigenvalue weighted by Gasteiger charge is 2.35. The van der Waals surface area contributed by atoms with E-state index in [1.54, 1.807) is 30.5 Å². The van der Waals surface area contributed by atoms with Crippen molar-refractivity contribution in [1.29, 1.82) is 0 Å². The zero-order valence-corrected chi connectivity index (χ0v) is 15.6. The molecular formula is C18H20N2O5S. The molecular weight excluding hydrogens is 356 g/mol. The van der Waals surface area contributed by atoms with Crippen LogP contribution in [0.1, 0.15) is 39.0 Å². The maximum absolute atomic E-state index is 13.0. The molecule has 26 heavy (non-hydrogen) atoms. The summed E-state index contributed by atoms with van der Waals surface area (Å²) in [6.07, 6.45) is 0.446. The fraction of sp³-hybridized carbons (Fsp3) is 0.389. The molecule has 3 rings (SSSR count). The number of methoxy groups -OCH3 is 2. The van der Waals surface area contributed by atoms with Crippen LogP contribution in [0.4, 0.5) is 0 Å². The van der Waals surface area contributed by atoms with Crippen molar-refractivity contribution < 1.29 is 24.2 Å². The third kappa shape index (κ3) is 3.24. The number of aryl methyl sites for hydroxylation is 1. The number of carbonyl (C=O) groups is 2. The summed E-state index contributed by atoms with van der Waals surface area (Å²) in [4.78, 5) is 30.8. The van der Waals surface area contributed by atoms with Crippen molar-refractivity contribution in [3.8, 4) is 11.5 Å². The van der Waals surface area contributed by atoms with Crippen LogP contribution in [0, 0.1) is 6.92 Å². The molecule has 1 aromatic heterocycles. The summed E-state index contributed by atoms with van der Waals surface area (Å²) in [5.74, 6) is -0.0311. The highest BCUT2D eigenvalue weighted by Crippen LogP contribution is 2.40. The lowest BCUT2D eigenvalue weighted by atomic mass is 9.89. The van der Waals surface area contributed by atoms with Gasteiger partial charge >= 0.3 is 5.97 Å². The van der Waals surface area contributed by atoms with Gasteiger partial charge in [-0.3, -0.25) is 9.59 Å². The van der Waals surface area contributed by atoms with E-state index in [0.29, 0.717) is 35.0 Å². The Balaban J connectivity index is 2.05. The van der Waals surface area contributed by atoms with E-state index in [2.05, 4.69) is 4.98 Å². The Hall–Kier alpha value is -2.61. The first-order valence-electron chi connectivity index (χ1n) is 8.13. The maximum Gasteiger partial charge on any atom is 0.305 e. The fourth-order valence-corrected chi connectivity index (χ4v) is 4.05. The molecule has 2 heterocycles. The minimum atomic E-state index is -0.962. The summed E-state index contributed by atoms with van der Waals surface area (Å²) in [7, 11) is 3.09. The SMILES string of the molecule is COc1cc2c(cc1OC)C(CC(=O)O)N(C(=O)c1scnc1C)CC2. The molecule has 2 aromatic rings. The number of carbonyl (C=O) groups excluding carboxylic acids is 1. The van der Waals surface area contributed by atoms with Crippen molar-refractivity contribution in [3.05, 3.63) is 39.3 Å². The number of benzene rings is 1. The molecule has 0 fully saturated rings. The van der Waals surface area contributed by atoms with Gasteiger partial charge in [0, 0.05) is 6.54 Å². The van der Waals surface area contributed by atoms with Gasteiger partial charge in [-0.25, -0.2) is 4.98 Å². The minimum absolute atomic E-state index is 0.175. The molecule has 1 aliphatic heterocycles. The molecule has 1 atom stereocenters. The monoisotopic (exact) mass is 376 g/mol. The summed E-state index contributed by atoms with van der Waals surface area (Å²) in [5, 5.41) is 9.40. The molecule has 0 aliphatic carbocycles. The second-order valence-corrected chi connectivity index (χ2v) is 6.89. The van der Waals surface area contributed by atoms with Crippen molar-refractivity contribution in [3.63, 3.8) is 0 Å². The average Bonchev–Trinajstić information content (AvgIpc) is 3.05. The number of carboxylic acids is 1. The van der Waals surface area contributed by atoms with Crippen molar-refractivity contribution in [2.75, 3.05) is 20.8 Å². The maximum atomic E-state index is 13.0. The molecule has 0 saturated carbocycles. The van der Waals surface area contributed by atoms with E-state index in [0.717, 1.165) is 11.1 Å². The van der Waals surface area contributed by atoms with E-state index in [1.807, 2.05) is 6.07 Å². The summed E-state index contributed by atoms with van der Waals surface area (Å²) >= 11 is 1.27. The van der Waals surface area contributed by atoms with Crippen LogP contribution in [0.2, 0.25) is 0 Å². The van der Waals surface area contributed by atoms with E-state index < -0.39 is 12.0 Å². The number of aliphatic carboxylic acids is 1. The Labute approximate surface area is 155 Å². The van der Waals surface area contributed by atoms with Gasteiger partial charge in [-0.2, -0.15) is 0 Å². The molecule has 0 spiro atoms. The number of amides is 1. The number of fused-ring (bicyclic) bond motifs is 1. The van der Waals surface area contributed by atoms with Crippen LogP contribution in [0.3, 0.4) is 0 Å². The minimum Gasteiger partial charge on any atom is -0.493 e. The molecule has 1 aromatic carbocycles. The molecule has 1 N–H and O–H groups in total. The van der Waals surface area contributed by atoms with Crippen LogP contribution < -0.4 is 9.47 Å². The lowest BCUT2D eigenvalue weighted by molar-refractivity contribution is -0.138. The topological polar surface area (TPSA) is 89.0 Å². The van der Waals surface area contributed by atoms with E-state index in [4.69, 9.17) is 9.47 Å². The summed E-state index contributed by atoms with van der Waals surface area (Å²) < 4.78 is 10.7. The van der Waals surface area contributed by atoms with Gasteiger partial charge in [0.05, 0.1) is 37.9 Å². The lowest BCUT2D eigenvalue weighted by Gasteiger charge is -2.37. The number of carboxylic acid groups (broad SMARTS) is 1. The smallest absolute Gasteiger partial charge is 0.305 e. The Kier molecular flexibility index (Phi) is 5.13. The predicted molar refractivity (Wildman–Crippen MR) is 96.1 cm³/mol. The first-order chi connectivity index (χ1) is 12.5.